The fourth-order valence-electron chi connectivity index (χ4n) is 2.69. The number of rotatable bonds is 4. The van der Waals surface area contributed by atoms with E-state index in [0.717, 1.165) is 35.9 Å². The molecule has 1 fully saturated rings. The highest BCUT2D eigenvalue weighted by molar-refractivity contribution is 5.76. The fourth-order valence-corrected chi connectivity index (χ4v) is 2.69. The number of carbonyl (C=O) groups excluding carboxylic acids is 1. The lowest BCUT2D eigenvalue weighted by Gasteiger charge is -2.27. The van der Waals surface area contributed by atoms with Crippen molar-refractivity contribution in [3.63, 3.8) is 0 Å². The Morgan fingerprint density at radius 3 is 2.61 bits per heavy atom. The summed E-state index contributed by atoms with van der Waals surface area (Å²) in [5.74, 6) is 0.794. The van der Waals surface area contributed by atoms with Crippen LogP contribution in [0.1, 0.15) is 11.4 Å². The lowest BCUT2D eigenvalue weighted by molar-refractivity contribution is -0.128. The molecule has 3 rings (SSSR count). The van der Waals surface area contributed by atoms with E-state index in [-0.39, 0.29) is 12.5 Å². The molecule has 2 heterocycles. The lowest BCUT2D eigenvalue weighted by Crippen LogP contribution is -2.49. The van der Waals surface area contributed by atoms with Gasteiger partial charge in [0.2, 0.25) is 0 Å². The average molecular weight is 314 g/mol. The van der Waals surface area contributed by atoms with Gasteiger partial charge in [0.1, 0.15) is 12.4 Å². The van der Waals surface area contributed by atoms with Crippen LogP contribution in [-0.4, -0.2) is 46.8 Å². The maximum Gasteiger partial charge on any atom is 0.254 e. The Morgan fingerprint density at radius 1 is 1.22 bits per heavy atom. The molecule has 23 heavy (non-hydrogen) atoms. The van der Waals surface area contributed by atoms with Crippen LogP contribution in [0.15, 0.2) is 30.3 Å². The molecule has 6 nitrogen and oxygen atoms in total. The Hall–Kier alpha value is -2.18. The molecule has 2 aromatic rings. The number of aromatic nitrogens is 2. The number of morpholine rings is 1. The van der Waals surface area contributed by atoms with Crippen LogP contribution in [0.4, 0.5) is 0 Å². The van der Waals surface area contributed by atoms with Crippen molar-refractivity contribution >= 4 is 5.91 Å². The number of ether oxygens (including phenoxy) is 1. The van der Waals surface area contributed by atoms with Crippen LogP contribution in [0.5, 0.6) is 0 Å². The van der Waals surface area contributed by atoms with Gasteiger partial charge in [0.25, 0.3) is 5.91 Å². The van der Waals surface area contributed by atoms with Crippen LogP contribution in [0.25, 0.3) is 11.4 Å². The van der Waals surface area contributed by atoms with Crippen LogP contribution in [-0.2, 0) is 16.1 Å². The highest BCUT2D eigenvalue weighted by Gasteiger charge is 2.18. The second-order valence-corrected chi connectivity index (χ2v) is 5.69. The lowest BCUT2D eigenvalue weighted by atomic mass is 10.2. The van der Waals surface area contributed by atoms with E-state index in [4.69, 9.17) is 4.74 Å². The Morgan fingerprint density at radius 2 is 1.91 bits per heavy atom. The van der Waals surface area contributed by atoms with Crippen molar-refractivity contribution in [1.29, 1.82) is 0 Å². The van der Waals surface area contributed by atoms with Crippen molar-refractivity contribution in [2.75, 3.05) is 26.3 Å². The van der Waals surface area contributed by atoms with E-state index in [1.807, 2.05) is 53.8 Å². The zero-order valence-electron chi connectivity index (χ0n) is 13.6. The highest BCUT2D eigenvalue weighted by Crippen LogP contribution is 2.21. The molecule has 0 spiro atoms. The molecule has 0 saturated carbocycles. The third kappa shape index (κ3) is 3.60. The topological polar surface area (TPSA) is 59.4 Å². The summed E-state index contributed by atoms with van der Waals surface area (Å²) in [6.45, 7) is 6.97. The summed E-state index contributed by atoms with van der Waals surface area (Å²) in [5, 5.41) is 1.91. The van der Waals surface area contributed by atoms with Gasteiger partial charge in [-0.3, -0.25) is 10.2 Å². The van der Waals surface area contributed by atoms with E-state index in [2.05, 4.69) is 10.4 Å². The maximum absolute atomic E-state index is 12.4. The number of amides is 1. The summed E-state index contributed by atoms with van der Waals surface area (Å²) < 4.78 is 7.26. The summed E-state index contributed by atoms with van der Waals surface area (Å²) in [4.78, 5) is 17.0. The third-order valence-electron chi connectivity index (χ3n) is 4.09. The minimum Gasteiger partial charge on any atom is -0.379 e. The first-order valence-electron chi connectivity index (χ1n) is 7.86. The van der Waals surface area contributed by atoms with Gasteiger partial charge in [-0.2, -0.15) is 0 Å². The second kappa shape index (κ2) is 6.93. The minimum atomic E-state index is -0.0374. The van der Waals surface area contributed by atoms with E-state index in [1.54, 1.807) is 0 Å². The van der Waals surface area contributed by atoms with Crippen LogP contribution in [0.3, 0.4) is 0 Å². The monoisotopic (exact) mass is 314 g/mol. The molecular weight excluding hydrogens is 292 g/mol. The predicted molar refractivity (Wildman–Crippen MR) is 87.7 cm³/mol. The molecule has 1 saturated heterocycles. The molecule has 0 atom stereocenters. The zero-order valence-corrected chi connectivity index (χ0v) is 13.6. The highest BCUT2D eigenvalue weighted by atomic mass is 16.5. The Kier molecular flexibility index (Phi) is 4.73. The molecule has 1 N–H and O–H groups in total. The van der Waals surface area contributed by atoms with Gasteiger partial charge in [-0.05, 0) is 13.8 Å². The molecule has 0 aliphatic carbocycles. The molecule has 0 bridgehead atoms. The van der Waals surface area contributed by atoms with Gasteiger partial charge in [0.15, 0.2) is 0 Å². The summed E-state index contributed by atoms with van der Waals surface area (Å²) in [6.07, 6.45) is 0. The first kappa shape index (κ1) is 15.7. The van der Waals surface area contributed by atoms with Gasteiger partial charge in [-0.1, -0.05) is 30.3 Å². The SMILES string of the molecule is Cc1nc(-c2ccccc2)n(CC(=O)NN2CCOCC2)c1C. The predicted octanol–water partition coefficient (Wildman–Crippen LogP) is 1.53. The quantitative estimate of drug-likeness (QED) is 0.930. The third-order valence-corrected chi connectivity index (χ3v) is 4.09. The molecule has 1 amide bonds. The first-order valence-corrected chi connectivity index (χ1v) is 7.86. The van der Waals surface area contributed by atoms with E-state index >= 15 is 0 Å². The number of benzene rings is 1. The minimum absolute atomic E-state index is 0.0374. The molecule has 122 valence electrons. The van der Waals surface area contributed by atoms with Gasteiger partial charge < -0.3 is 9.30 Å². The standard InChI is InChI=1S/C17H22N4O2/c1-13-14(2)21(17(18-13)15-6-4-3-5-7-15)12-16(22)19-20-8-10-23-11-9-20/h3-7H,8-12H2,1-2H3,(H,19,22). The van der Waals surface area contributed by atoms with Gasteiger partial charge in [-0.25, -0.2) is 9.99 Å². The summed E-state index contributed by atoms with van der Waals surface area (Å²) in [7, 11) is 0. The molecule has 1 aromatic carbocycles. The van der Waals surface area contributed by atoms with Crippen LogP contribution < -0.4 is 5.43 Å². The number of aryl methyl sites for hydroxylation is 1. The Balaban J connectivity index is 1.78. The fraction of sp³-hybridized carbons (Fsp3) is 0.412. The number of hydrazine groups is 1. The van der Waals surface area contributed by atoms with Crippen LogP contribution in [0, 0.1) is 13.8 Å². The molecule has 1 aliphatic heterocycles. The maximum atomic E-state index is 12.4. The van der Waals surface area contributed by atoms with E-state index < -0.39 is 0 Å². The number of nitrogens with zero attached hydrogens (tertiary/aromatic N) is 3. The number of carbonyl (C=O) groups is 1. The van der Waals surface area contributed by atoms with Gasteiger partial charge in [0, 0.05) is 24.3 Å². The van der Waals surface area contributed by atoms with Gasteiger partial charge in [0.05, 0.1) is 18.9 Å². The van der Waals surface area contributed by atoms with Crippen molar-refractivity contribution in [2.24, 2.45) is 0 Å². The number of imidazole rings is 1. The Bertz CT molecular complexity index is 675. The van der Waals surface area contributed by atoms with Crippen molar-refractivity contribution in [2.45, 2.75) is 20.4 Å². The summed E-state index contributed by atoms with van der Waals surface area (Å²) >= 11 is 0. The molecule has 0 radical (unpaired) electrons. The van der Waals surface area contributed by atoms with Crippen molar-refractivity contribution in [1.82, 2.24) is 20.0 Å². The van der Waals surface area contributed by atoms with Crippen molar-refractivity contribution in [3.05, 3.63) is 41.7 Å². The van der Waals surface area contributed by atoms with Gasteiger partial charge >= 0.3 is 0 Å². The van der Waals surface area contributed by atoms with Gasteiger partial charge in [-0.15, -0.1) is 0 Å². The largest absolute Gasteiger partial charge is 0.379 e. The van der Waals surface area contributed by atoms with E-state index in [9.17, 15) is 4.79 Å². The van der Waals surface area contributed by atoms with Crippen molar-refractivity contribution in [3.8, 4) is 11.4 Å². The molecular formula is C17H22N4O2. The first-order chi connectivity index (χ1) is 11.1. The molecule has 6 heteroatoms. The number of hydrogen-bond donors (Lipinski definition) is 1. The normalized spacial score (nSPS) is 15.6. The number of hydrogen-bond acceptors (Lipinski definition) is 4. The summed E-state index contributed by atoms with van der Waals surface area (Å²) in [6, 6.07) is 9.95. The Labute approximate surface area is 136 Å². The van der Waals surface area contributed by atoms with Crippen LogP contribution >= 0.6 is 0 Å². The van der Waals surface area contributed by atoms with E-state index in [1.165, 1.54) is 0 Å². The zero-order chi connectivity index (χ0) is 16.2. The van der Waals surface area contributed by atoms with Crippen LogP contribution in [0.2, 0.25) is 0 Å². The second-order valence-electron chi connectivity index (χ2n) is 5.69. The smallest absolute Gasteiger partial charge is 0.254 e. The average Bonchev–Trinajstić information content (AvgIpc) is 2.85. The molecule has 1 aromatic heterocycles. The van der Waals surface area contributed by atoms with E-state index in [0.29, 0.717) is 13.2 Å². The molecule has 0 unspecified atom stereocenters. The van der Waals surface area contributed by atoms with Crippen molar-refractivity contribution < 1.29 is 9.53 Å². The summed E-state index contributed by atoms with van der Waals surface area (Å²) in [5.41, 5.74) is 5.93. The molecule has 1 aliphatic rings. The number of nitrogens with one attached hydrogen (secondary N) is 1.